The molecule has 2 heterocycles. The van der Waals surface area contributed by atoms with Crippen LogP contribution in [-0.4, -0.2) is 23.3 Å². The number of ketones is 1. The molecule has 0 aromatic rings. The number of allylic oxidation sites excluding steroid dienone is 2. The molecule has 0 aliphatic carbocycles. The fraction of sp³-hybridized carbons (Fsp3) is 0.667. The second-order valence-electron chi connectivity index (χ2n) is 3.43. The largest absolute Gasteiger partial charge is 0.372 e. The fourth-order valence-corrected chi connectivity index (χ4v) is 1.95. The Bertz CT molecular complexity index is 220. The van der Waals surface area contributed by atoms with E-state index in [1.165, 1.54) is 12.1 Å². The van der Waals surface area contributed by atoms with Gasteiger partial charge in [0.1, 0.15) is 0 Å². The van der Waals surface area contributed by atoms with Gasteiger partial charge in [-0.1, -0.05) is 0 Å². The molecule has 0 radical (unpaired) electrons. The molecule has 2 aliphatic rings. The number of fused-ring (bicyclic) bond motifs is 1. The summed E-state index contributed by atoms with van der Waals surface area (Å²) in [6.45, 7) is 3.18. The van der Waals surface area contributed by atoms with E-state index < -0.39 is 0 Å². The molecule has 0 aromatic heterocycles. The van der Waals surface area contributed by atoms with Crippen LogP contribution >= 0.6 is 0 Å². The average Bonchev–Trinajstić information content (AvgIpc) is 2.32. The van der Waals surface area contributed by atoms with Crippen LogP contribution < -0.4 is 0 Å². The van der Waals surface area contributed by atoms with Gasteiger partial charge < -0.3 is 4.90 Å². The van der Waals surface area contributed by atoms with Gasteiger partial charge in [-0.05, 0) is 19.8 Å². The molecule has 0 N–H and O–H groups in total. The summed E-state index contributed by atoms with van der Waals surface area (Å²) in [5.74, 6) is 0.311. The highest BCUT2D eigenvalue weighted by molar-refractivity contribution is 5.91. The fourth-order valence-electron chi connectivity index (χ4n) is 1.95. The maximum absolute atomic E-state index is 11.0. The minimum absolute atomic E-state index is 0.311. The van der Waals surface area contributed by atoms with Crippen molar-refractivity contribution in [1.29, 1.82) is 0 Å². The van der Waals surface area contributed by atoms with E-state index in [0.717, 1.165) is 13.0 Å². The van der Waals surface area contributed by atoms with Crippen molar-refractivity contribution in [2.24, 2.45) is 0 Å². The topological polar surface area (TPSA) is 20.3 Å². The zero-order valence-corrected chi connectivity index (χ0v) is 6.84. The van der Waals surface area contributed by atoms with Gasteiger partial charge >= 0.3 is 0 Å². The van der Waals surface area contributed by atoms with Crippen LogP contribution in [0.3, 0.4) is 0 Å². The molecule has 2 heteroatoms. The SMILES string of the molecule is C[C@H]1CCC2=CC(=O)CCN21. The van der Waals surface area contributed by atoms with Crippen LogP contribution in [0.25, 0.3) is 0 Å². The number of nitrogens with zero attached hydrogens (tertiary/aromatic N) is 1. The van der Waals surface area contributed by atoms with Crippen molar-refractivity contribution in [3.63, 3.8) is 0 Å². The zero-order valence-electron chi connectivity index (χ0n) is 6.84. The molecule has 2 rings (SSSR count). The van der Waals surface area contributed by atoms with Gasteiger partial charge in [0, 0.05) is 30.8 Å². The molecule has 1 fully saturated rings. The average molecular weight is 151 g/mol. The van der Waals surface area contributed by atoms with Crippen molar-refractivity contribution in [3.05, 3.63) is 11.8 Å². The Morgan fingerprint density at radius 3 is 3.18 bits per heavy atom. The highest BCUT2D eigenvalue weighted by atomic mass is 16.1. The first kappa shape index (κ1) is 6.89. The maximum Gasteiger partial charge on any atom is 0.159 e. The Morgan fingerprint density at radius 2 is 2.36 bits per heavy atom. The second-order valence-corrected chi connectivity index (χ2v) is 3.43. The van der Waals surface area contributed by atoms with E-state index in [4.69, 9.17) is 0 Å². The van der Waals surface area contributed by atoms with Crippen molar-refractivity contribution in [1.82, 2.24) is 4.90 Å². The summed E-state index contributed by atoms with van der Waals surface area (Å²) in [6, 6.07) is 0.661. The van der Waals surface area contributed by atoms with Crippen molar-refractivity contribution in [3.8, 4) is 0 Å². The van der Waals surface area contributed by atoms with E-state index in [0.29, 0.717) is 18.2 Å². The molecule has 0 spiro atoms. The summed E-state index contributed by atoms with van der Waals surface area (Å²) < 4.78 is 0. The third-order valence-electron chi connectivity index (χ3n) is 2.65. The molecule has 1 atom stereocenters. The lowest BCUT2D eigenvalue weighted by Gasteiger charge is -2.27. The lowest BCUT2D eigenvalue weighted by atomic mass is 10.1. The quantitative estimate of drug-likeness (QED) is 0.520. The van der Waals surface area contributed by atoms with E-state index >= 15 is 0 Å². The van der Waals surface area contributed by atoms with Crippen molar-refractivity contribution >= 4 is 5.78 Å². The Balaban J connectivity index is 2.24. The first-order chi connectivity index (χ1) is 5.27. The first-order valence-corrected chi connectivity index (χ1v) is 4.27. The number of hydrogen-bond donors (Lipinski definition) is 0. The Kier molecular flexibility index (Phi) is 1.48. The first-order valence-electron chi connectivity index (χ1n) is 4.27. The maximum atomic E-state index is 11.0. The Morgan fingerprint density at radius 1 is 1.55 bits per heavy atom. The summed E-state index contributed by atoms with van der Waals surface area (Å²) in [7, 11) is 0. The number of hydrogen-bond acceptors (Lipinski definition) is 2. The molecule has 1 saturated heterocycles. The number of carbonyl (C=O) groups is 1. The molecule has 0 unspecified atom stereocenters. The number of rotatable bonds is 0. The lowest BCUT2D eigenvalue weighted by Crippen LogP contribution is -2.31. The number of carbonyl (C=O) groups excluding carboxylic acids is 1. The van der Waals surface area contributed by atoms with Crippen LogP contribution in [0.1, 0.15) is 26.2 Å². The molecule has 0 bridgehead atoms. The van der Waals surface area contributed by atoms with Gasteiger partial charge in [-0.3, -0.25) is 4.79 Å². The normalized spacial score (nSPS) is 30.3. The smallest absolute Gasteiger partial charge is 0.159 e. The Hall–Kier alpha value is -0.790. The molecule has 2 nitrogen and oxygen atoms in total. The molecule has 11 heavy (non-hydrogen) atoms. The van der Waals surface area contributed by atoms with Gasteiger partial charge in [-0.2, -0.15) is 0 Å². The summed E-state index contributed by atoms with van der Waals surface area (Å²) in [5.41, 5.74) is 1.27. The molecule has 0 aromatic carbocycles. The molecular weight excluding hydrogens is 138 g/mol. The predicted octanol–water partition coefficient (Wildman–Crippen LogP) is 1.33. The van der Waals surface area contributed by atoms with Crippen LogP contribution in [0.5, 0.6) is 0 Å². The summed E-state index contributed by atoms with van der Waals surface area (Å²) in [6.07, 6.45) is 4.87. The molecule has 0 saturated carbocycles. The monoisotopic (exact) mass is 151 g/mol. The minimum atomic E-state index is 0.311. The predicted molar refractivity (Wildman–Crippen MR) is 43.1 cm³/mol. The van der Waals surface area contributed by atoms with E-state index in [1.807, 2.05) is 6.08 Å². The van der Waals surface area contributed by atoms with Gasteiger partial charge in [-0.25, -0.2) is 0 Å². The Labute approximate surface area is 66.9 Å². The van der Waals surface area contributed by atoms with Crippen molar-refractivity contribution < 1.29 is 4.79 Å². The van der Waals surface area contributed by atoms with Gasteiger partial charge in [0.05, 0.1) is 0 Å². The molecule has 2 aliphatic heterocycles. The van der Waals surface area contributed by atoms with Gasteiger partial charge in [0.2, 0.25) is 0 Å². The summed E-state index contributed by atoms with van der Waals surface area (Å²) in [4.78, 5) is 13.4. The molecule has 60 valence electrons. The highest BCUT2D eigenvalue weighted by Crippen LogP contribution is 2.29. The van der Waals surface area contributed by atoms with Crippen molar-refractivity contribution in [2.45, 2.75) is 32.2 Å². The third kappa shape index (κ3) is 1.06. The van der Waals surface area contributed by atoms with Gasteiger partial charge in [0.25, 0.3) is 0 Å². The zero-order chi connectivity index (χ0) is 7.84. The van der Waals surface area contributed by atoms with Gasteiger partial charge in [0.15, 0.2) is 5.78 Å². The van der Waals surface area contributed by atoms with Crippen LogP contribution in [-0.2, 0) is 4.79 Å². The van der Waals surface area contributed by atoms with E-state index in [2.05, 4.69) is 11.8 Å². The van der Waals surface area contributed by atoms with Crippen molar-refractivity contribution in [2.75, 3.05) is 6.54 Å². The van der Waals surface area contributed by atoms with E-state index in [1.54, 1.807) is 0 Å². The molecule has 0 amide bonds. The summed E-state index contributed by atoms with van der Waals surface area (Å²) >= 11 is 0. The van der Waals surface area contributed by atoms with Gasteiger partial charge in [-0.15, -0.1) is 0 Å². The van der Waals surface area contributed by atoms with Crippen LogP contribution in [0, 0.1) is 0 Å². The highest BCUT2D eigenvalue weighted by Gasteiger charge is 2.27. The lowest BCUT2D eigenvalue weighted by molar-refractivity contribution is -0.115. The van der Waals surface area contributed by atoms with E-state index in [9.17, 15) is 4.79 Å². The third-order valence-corrected chi connectivity index (χ3v) is 2.65. The molecular formula is C9H13NO. The van der Waals surface area contributed by atoms with Crippen LogP contribution in [0.15, 0.2) is 11.8 Å². The van der Waals surface area contributed by atoms with Crippen LogP contribution in [0.4, 0.5) is 0 Å². The summed E-state index contributed by atoms with van der Waals surface area (Å²) in [5, 5.41) is 0. The minimum Gasteiger partial charge on any atom is -0.372 e. The standard InChI is InChI=1S/C9H13NO/c1-7-2-3-8-6-9(11)4-5-10(7)8/h6-7H,2-5H2,1H3/t7-/m0/s1. The van der Waals surface area contributed by atoms with Crippen LogP contribution in [0.2, 0.25) is 0 Å². The second kappa shape index (κ2) is 2.36. The van der Waals surface area contributed by atoms with E-state index in [-0.39, 0.29) is 0 Å².